The number of ether oxygens (including phenoxy) is 2. The molecule has 24 heavy (non-hydrogen) atoms. The Hall–Kier alpha value is -0.870. The van der Waals surface area contributed by atoms with Gasteiger partial charge in [0.2, 0.25) is 0 Å². The van der Waals surface area contributed by atoms with Gasteiger partial charge in [0.15, 0.2) is 0 Å². The molecule has 4 heteroatoms. The first-order chi connectivity index (χ1) is 11.1. The highest BCUT2D eigenvalue weighted by Gasteiger charge is 2.71. The highest BCUT2D eigenvalue weighted by molar-refractivity contribution is 5.79. The summed E-state index contributed by atoms with van der Waals surface area (Å²) < 4.78 is 11.6. The van der Waals surface area contributed by atoms with Crippen LogP contribution in [0.15, 0.2) is 11.1 Å². The molecule has 2 saturated carbocycles. The lowest BCUT2D eigenvalue weighted by Gasteiger charge is -2.60. The van der Waals surface area contributed by atoms with Crippen molar-refractivity contribution in [3.05, 3.63) is 11.1 Å². The minimum absolute atomic E-state index is 0.0946. The van der Waals surface area contributed by atoms with Gasteiger partial charge in [-0.15, -0.1) is 0 Å². The molecular formula is C20H30O4. The Morgan fingerprint density at radius 1 is 1.33 bits per heavy atom. The molecular weight excluding hydrogens is 304 g/mol. The van der Waals surface area contributed by atoms with E-state index in [9.17, 15) is 9.90 Å². The third-order valence-electron chi connectivity index (χ3n) is 8.15. The monoisotopic (exact) mass is 334 g/mol. The summed E-state index contributed by atoms with van der Waals surface area (Å²) in [4.78, 5) is 12.4. The van der Waals surface area contributed by atoms with E-state index < -0.39 is 16.6 Å². The Kier molecular flexibility index (Phi) is 3.21. The van der Waals surface area contributed by atoms with E-state index in [1.54, 1.807) is 0 Å². The maximum absolute atomic E-state index is 12.4. The Balaban J connectivity index is 1.80. The molecule has 1 N–H and O–H groups in total. The van der Waals surface area contributed by atoms with E-state index in [-0.39, 0.29) is 17.5 Å². The Labute approximate surface area is 144 Å². The van der Waals surface area contributed by atoms with Crippen molar-refractivity contribution in [2.45, 2.75) is 83.5 Å². The van der Waals surface area contributed by atoms with Crippen molar-refractivity contribution in [3.8, 4) is 0 Å². The standard InChI is InChI=1S/C20H30O4/c1-12-7-6-8-20(22)11-19-10-17(3,16(21)23-5)15(24-19)13(2)14(19)9-18(12,20)4/h12,15,22H,6-11H2,1-5H3/t12-,15+,17-,18+,19-,20-/m0/s1. The second-order valence-electron chi connectivity index (χ2n) is 9.34. The first kappa shape index (κ1) is 16.6. The van der Waals surface area contributed by atoms with Gasteiger partial charge in [0.1, 0.15) is 0 Å². The first-order valence-electron chi connectivity index (χ1n) is 9.31. The van der Waals surface area contributed by atoms with Crippen LogP contribution in [0.1, 0.15) is 66.2 Å². The Morgan fingerprint density at radius 3 is 2.71 bits per heavy atom. The van der Waals surface area contributed by atoms with Crippen molar-refractivity contribution in [2.24, 2.45) is 16.7 Å². The van der Waals surface area contributed by atoms with E-state index in [0.717, 1.165) is 19.3 Å². The van der Waals surface area contributed by atoms with Gasteiger partial charge in [0, 0.05) is 11.8 Å². The molecule has 2 bridgehead atoms. The molecule has 0 amide bonds. The lowest BCUT2D eigenvalue weighted by atomic mass is 9.47. The van der Waals surface area contributed by atoms with Crippen LogP contribution in [-0.4, -0.2) is 35.5 Å². The second kappa shape index (κ2) is 4.64. The molecule has 2 aliphatic carbocycles. The molecule has 134 valence electrons. The summed E-state index contributed by atoms with van der Waals surface area (Å²) in [5.41, 5.74) is 0.660. The summed E-state index contributed by atoms with van der Waals surface area (Å²) in [6.07, 6.45) is 5.03. The maximum atomic E-state index is 12.4. The number of aliphatic hydroxyl groups is 1. The molecule has 2 heterocycles. The van der Waals surface area contributed by atoms with Crippen LogP contribution >= 0.6 is 0 Å². The fourth-order valence-electron chi connectivity index (χ4n) is 6.50. The topological polar surface area (TPSA) is 55.8 Å². The number of hydrogen-bond acceptors (Lipinski definition) is 4. The number of methoxy groups -OCH3 is 1. The normalized spacial score (nSPS) is 52.9. The molecule has 6 atom stereocenters. The van der Waals surface area contributed by atoms with Gasteiger partial charge in [-0.3, -0.25) is 4.79 Å². The van der Waals surface area contributed by atoms with E-state index in [1.165, 1.54) is 24.7 Å². The van der Waals surface area contributed by atoms with Crippen molar-refractivity contribution in [1.29, 1.82) is 0 Å². The highest BCUT2D eigenvalue weighted by atomic mass is 16.5. The van der Waals surface area contributed by atoms with Crippen LogP contribution in [0, 0.1) is 16.7 Å². The van der Waals surface area contributed by atoms with Crippen LogP contribution in [0.5, 0.6) is 0 Å². The fraction of sp³-hybridized carbons (Fsp3) is 0.850. The summed E-state index contributed by atoms with van der Waals surface area (Å²) >= 11 is 0. The number of fused-ring (bicyclic) bond motifs is 2. The third-order valence-corrected chi connectivity index (χ3v) is 8.15. The summed E-state index contributed by atoms with van der Waals surface area (Å²) in [7, 11) is 1.45. The Bertz CT molecular complexity index is 640. The molecule has 0 radical (unpaired) electrons. The average molecular weight is 334 g/mol. The molecule has 0 aromatic heterocycles. The fourth-order valence-corrected chi connectivity index (χ4v) is 6.50. The van der Waals surface area contributed by atoms with E-state index in [4.69, 9.17) is 9.47 Å². The van der Waals surface area contributed by atoms with Gasteiger partial charge >= 0.3 is 5.97 Å². The van der Waals surface area contributed by atoms with Crippen molar-refractivity contribution in [1.82, 2.24) is 0 Å². The maximum Gasteiger partial charge on any atom is 0.314 e. The van der Waals surface area contributed by atoms with Crippen molar-refractivity contribution in [3.63, 3.8) is 0 Å². The first-order valence-corrected chi connectivity index (χ1v) is 9.31. The predicted octanol–water partition coefficient (Wildman–Crippen LogP) is 3.37. The van der Waals surface area contributed by atoms with E-state index >= 15 is 0 Å². The van der Waals surface area contributed by atoms with Gasteiger partial charge in [-0.25, -0.2) is 0 Å². The molecule has 4 rings (SSSR count). The molecule has 4 aliphatic rings. The van der Waals surface area contributed by atoms with Gasteiger partial charge in [-0.1, -0.05) is 20.3 Å². The van der Waals surface area contributed by atoms with Crippen LogP contribution < -0.4 is 0 Å². The van der Waals surface area contributed by atoms with Crippen LogP contribution in [-0.2, 0) is 14.3 Å². The molecule has 0 aromatic rings. The molecule has 0 aromatic carbocycles. The summed E-state index contributed by atoms with van der Waals surface area (Å²) in [6, 6.07) is 0. The van der Waals surface area contributed by atoms with Crippen LogP contribution in [0.2, 0.25) is 0 Å². The molecule has 3 fully saturated rings. The number of carbonyl (C=O) groups excluding carboxylic acids is 1. The summed E-state index contributed by atoms with van der Waals surface area (Å²) in [6.45, 7) is 8.61. The number of carbonyl (C=O) groups is 1. The molecule has 0 unspecified atom stereocenters. The minimum Gasteiger partial charge on any atom is -0.469 e. The predicted molar refractivity (Wildman–Crippen MR) is 90.3 cm³/mol. The zero-order valence-electron chi connectivity index (χ0n) is 15.6. The van der Waals surface area contributed by atoms with Gasteiger partial charge in [-0.05, 0) is 56.6 Å². The van der Waals surface area contributed by atoms with E-state index in [1.807, 2.05) is 6.92 Å². The SMILES string of the molecule is COC(=O)[C@@]1(C)C[C@]23C[C@@]4(O)CCC[C@H](C)[C@@]4(C)CC2=C(C)[C@H]1O3. The summed E-state index contributed by atoms with van der Waals surface area (Å²) in [5, 5.41) is 11.6. The lowest BCUT2D eigenvalue weighted by Crippen LogP contribution is -2.61. The molecule has 1 saturated heterocycles. The zero-order chi connectivity index (χ0) is 17.5. The quantitative estimate of drug-likeness (QED) is 0.590. The van der Waals surface area contributed by atoms with Crippen molar-refractivity contribution >= 4 is 5.97 Å². The average Bonchev–Trinajstić information content (AvgIpc) is 2.95. The van der Waals surface area contributed by atoms with Crippen molar-refractivity contribution < 1.29 is 19.4 Å². The largest absolute Gasteiger partial charge is 0.469 e. The summed E-state index contributed by atoms with van der Waals surface area (Å²) in [5.74, 6) is 0.306. The van der Waals surface area contributed by atoms with Crippen LogP contribution in [0.3, 0.4) is 0 Å². The van der Waals surface area contributed by atoms with Crippen LogP contribution in [0.4, 0.5) is 0 Å². The third kappa shape index (κ3) is 1.69. The van der Waals surface area contributed by atoms with E-state index in [0.29, 0.717) is 18.8 Å². The molecule has 1 spiro atoms. The van der Waals surface area contributed by atoms with Crippen LogP contribution in [0.25, 0.3) is 0 Å². The van der Waals surface area contributed by atoms with Gasteiger partial charge in [0.25, 0.3) is 0 Å². The zero-order valence-corrected chi connectivity index (χ0v) is 15.6. The number of hydrogen-bond donors (Lipinski definition) is 1. The van der Waals surface area contributed by atoms with E-state index in [2.05, 4.69) is 20.8 Å². The Morgan fingerprint density at radius 2 is 2.04 bits per heavy atom. The van der Waals surface area contributed by atoms with Gasteiger partial charge in [0.05, 0.1) is 29.8 Å². The molecule has 2 aliphatic heterocycles. The minimum atomic E-state index is -0.704. The van der Waals surface area contributed by atoms with Gasteiger partial charge < -0.3 is 14.6 Å². The lowest BCUT2D eigenvalue weighted by molar-refractivity contribution is -0.186. The molecule has 4 nitrogen and oxygen atoms in total. The van der Waals surface area contributed by atoms with Crippen molar-refractivity contribution in [2.75, 3.05) is 7.11 Å². The highest BCUT2D eigenvalue weighted by Crippen LogP contribution is 2.68. The number of rotatable bonds is 1. The van der Waals surface area contributed by atoms with Gasteiger partial charge in [-0.2, -0.15) is 0 Å². The second-order valence-corrected chi connectivity index (χ2v) is 9.34. The number of esters is 1. The smallest absolute Gasteiger partial charge is 0.314 e.